The molecule has 2 N–H and O–H groups in total. The van der Waals surface area contributed by atoms with E-state index in [0.717, 1.165) is 18.2 Å². The molecular weight excluding hydrogens is 370 g/mol. The number of nitrogens with zero attached hydrogens (tertiary/aromatic N) is 2. The van der Waals surface area contributed by atoms with Gasteiger partial charge in [-0.3, -0.25) is 4.90 Å². The van der Waals surface area contributed by atoms with Gasteiger partial charge in [0.1, 0.15) is 29.2 Å². The minimum atomic E-state index is -2.63. The Labute approximate surface area is 152 Å². The van der Waals surface area contributed by atoms with Crippen LogP contribution >= 0.6 is 11.3 Å². The monoisotopic (exact) mass is 389 g/mol. The van der Waals surface area contributed by atoms with E-state index in [-0.39, 0.29) is 30.1 Å². The lowest BCUT2D eigenvalue weighted by Crippen LogP contribution is -2.42. The summed E-state index contributed by atoms with van der Waals surface area (Å²) in [7, 11) is 0. The van der Waals surface area contributed by atoms with Crippen LogP contribution in [0.3, 0.4) is 0 Å². The van der Waals surface area contributed by atoms with Gasteiger partial charge < -0.3 is 10.5 Å². The van der Waals surface area contributed by atoms with E-state index in [1.165, 1.54) is 16.8 Å². The fraction of sp³-hybridized carbons (Fsp3) is 0.471. The third kappa shape index (κ3) is 4.33. The van der Waals surface area contributed by atoms with Gasteiger partial charge in [-0.2, -0.15) is 0 Å². The molecular formula is C17H19F4N3OS. The first-order chi connectivity index (χ1) is 12.5. The van der Waals surface area contributed by atoms with Crippen molar-refractivity contribution in [2.24, 2.45) is 5.73 Å². The molecule has 142 valence electrons. The summed E-state index contributed by atoms with van der Waals surface area (Å²) in [6.45, 7) is 1.39. The normalized spacial score (nSPS) is 17.6. The Morgan fingerprint density at radius 1 is 1.19 bits per heavy atom. The van der Waals surface area contributed by atoms with Gasteiger partial charge in [0.15, 0.2) is 0 Å². The van der Waals surface area contributed by atoms with Gasteiger partial charge in [-0.1, -0.05) is 0 Å². The SMILES string of the molecule is NCC(c1scnc1C(F)F)N1CCC(Oc2cc(F)cc(F)c2)CC1. The molecule has 9 heteroatoms. The first kappa shape index (κ1) is 19.1. The summed E-state index contributed by atoms with van der Waals surface area (Å²) in [5.74, 6) is -1.23. The number of nitrogens with two attached hydrogens (primary N) is 1. The van der Waals surface area contributed by atoms with Gasteiger partial charge in [0.25, 0.3) is 6.43 Å². The fourth-order valence-electron chi connectivity index (χ4n) is 3.19. The molecule has 0 radical (unpaired) electrons. The molecule has 0 amide bonds. The molecule has 1 unspecified atom stereocenters. The highest BCUT2D eigenvalue weighted by molar-refractivity contribution is 7.09. The summed E-state index contributed by atoms with van der Waals surface area (Å²) in [5, 5.41) is 0. The van der Waals surface area contributed by atoms with E-state index in [9.17, 15) is 17.6 Å². The lowest BCUT2D eigenvalue weighted by Gasteiger charge is -2.37. The molecule has 3 rings (SSSR count). The number of likely N-dealkylation sites (tertiary alicyclic amines) is 1. The van der Waals surface area contributed by atoms with Crippen LogP contribution in [0.5, 0.6) is 5.75 Å². The number of piperidine rings is 1. The molecule has 0 saturated carbocycles. The highest BCUT2D eigenvalue weighted by Gasteiger charge is 2.30. The van der Waals surface area contributed by atoms with Gasteiger partial charge in [0, 0.05) is 37.8 Å². The van der Waals surface area contributed by atoms with Crippen molar-refractivity contribution in [3.05, 3.63) is 45.9 Å². The molecule has 1 aliphatic rings. The largest absolute Gasteiger partial charge is 0.490 e. The molecule has 0 spiro atoms. The van der Waals surface area contributed by atoms with Gasteiger partial charge in [0.05, 0.1) is 16.4 Å². The van der Waals surface area contributed by atoms with Crippen LogP contribution in [0.25, 0.3) is 0 Å². The lowest BCUT2D eigenvalue weighted by molar-refractivity contribution is 0.0753. The van der Waals surface area contributed by atoms with Gasteiger partial charge >= 0.3 is 0 Å². The summed E-state index contributed by atoms with van der Waals surface area (Å²) in [4.78, 5) is 6.28. The predicted molar refractivity (Wildman–Crippen MR) is 90.4 cm³/mol. The average molecular weight is 389 g/mol. The smallest absolute Gasteiger partial charge is 0.281 e. The maximum absolute atomic E-state index is 13.2. The van der Waals surface area contributed by atoms with Crippen LogP contribution in [0, 0.1) is 11.6 Å². The minimum Gasteiger partial charge on any atom is -0.490 e. The first-order valence-electron chi connectivity index (χ1n) is 8.26. The number of hydrogen-bond donors (Lipinski definition) is 1. The van der Waals surface area contributed by atoms with Crippen molar-refractivity contribution < 1.29 is 22.3 Å². The van der Waals surface area contributed by atoms with Gasteiger partial charge in [0.2, 0.25) is 0 Å². The maximum Gasteiger partial charge on any atom is 0.281 e. The van der Waals surface area contributed by atoms with Crippen molar-refractivity contribution >= 4 is 11.3 Å². The molecule has 0 bridgehead atoms. The Kier molecular flexibility index (Phi) is 6.10. The van der Waals surface area contributed by atoms with Crippen molar-refractivity contribution in [1.29, 1.82) is 0 Å². The van der Waals surface area contributed by atoms with E-state index in [0.29, 0.717) is 30.8 Å². The molecule has 1 atom stereocenters. The van der Waals surface area contributed by atoms with Crippen LogP contribution in [0.2, 0.25) is 0 Å². The number of halogens is 4. The minimum absolute atomic E-state index is 0.152. The van der Waals surface area contributed by atoms with E-state index >= 15 is 0 Å². The molecule has 1 aromatic heterocycles. The van der Waals surface area contributed by atoms with Crippen LogP contribution in [-0.4, -0.2) is 35.6 Å². The van der Waals surface area contributed by atoms with Crippen LogP contribution in [0.4, 0.5) is 17.6 Å². The second-order valence-electron chi connectivity index (χ2n) is 6.11. The van der Waals surface area contributed by atoms with E-state index in [2.05, 4.69) is 4.98 Å². The summed E-state index contributed by atoms with van der Waals surface area (Å²) >= 11 is 1.18. The summed E-state index contributed by atoms with van der Waals surface area (Å²) in [6, 6.07) is 2.75. The summed E-state index contributed by atoms with van der Waals surface area (Å²) < 4.78 is 58.4. The Morgan fingerprint density at radius 3 is 2.42 bits per heavy atom. The fourth-order valence-corrected chi connectivity index (χ4v) is 4.14. The Hall–Kier alpha value is -1.71. The van der Waals surface area contributed by atoms with Crippen LogP contribution in [0.15, 0.2) is 23.7 Å². The number of alkyl halides is 2. The highest BCUT2D eigenvalue weighted by atomic mass is 32.1. The predicted octanol–water partition coefficient (Wildman–Crippen LogP) is 3.90. The Balaban J connectivity index is 1.62. The molecule has 0 aliphatic carbocycles. The average Bonchev–Trinajstić information content (AvgIpc) is 3.06. The van der Waals surface area contributed by atoms with Crippen molar-refractivity contribution in [3.63, 3.8) is 0 Å². The maximum atomic E-state index is 13.2. The van der Waals surface area contributed by atoms with E-state index < -0.39 is 18.1 Å². The molecule has 1 saturated heterocycles. The van der Waals surface area contributed by atoms with Gasteiger partial charge in [-0.15, -0.1) is 11.3 Å². The molecule has 26 heavy (non-hydrogen) atoms. The number of thiazole rings is 1. The van der Waals surface area contributed by atoms with Crippen LogP contribution in [0.1, 0.15) is 35.9 Å². The summed E-state index contributed by atoms with van der Waals surface area (Å²) in [5.41, 5.74) is 7.03. The van der Waals surface area contributed by atoms with Crippen LogP contribution < -0.4 is 10.5 Å². The zero-order valence-corrected chi connectivity index (χ0v) is 14.7. The zero-order valence-electron chi connectivity index (χ0n) is 13.9. The first-order valence-corrected chi connectivity index (χ1v) is 9.14. The van der Waals surface area contributed by atoms with E-state index in [1.807, 2.05) is 4.90 Å². The van der Waals surface area contributed by atoms with E-state index in [4.69, 9.17) is 10.5 Å². The Bertz CT molecular complexity index is 714. The second kappa shape index (κ2) is 8.32. The quantitative estimate of drug-likeness (QED) is 0.762. The van der Waals surface area contributed by atoms with Gasteiger partial charge in [-0.25, -0.2) is 22.5 Å². The molecule has 4 nitrogen and oxygen atoms in total. The number of benzene rings is 1. The number of rotatable bonds is 6. The zero-order chi connectivity index (χ0) is 18.7. The highest BCUT2D eigenvalue weighted by Crippen LogP contribution is 2.34. The van der Waals surface area contributed by atoms with Crippen LogP contribution in [-0.2, 0) is 0 Å². The molecule has 1 aromatic carbocycles. The van der Waals surface area contributed by atoms with Crippen molar-refractivity contribution in [2.45, 2.75) is 31.4 Å². The van der Waals surface area contributed by atoms with Crippen molar-refractivity contribution in [2.75, 3.05) is 19.6 Å². The van der Waals surface area contributed by atoms with Crippen molar-refractivity contribution in [3.8, 4) is 5.75 Å². The number of ether oxygens (including phenoxy) is 1. The Morgan fingerprint density at radius 2 is 1.85 bits per heavy atom. The summed E-state index contributed by atoms with van der Waals surface area (Å²) in [6.07, 6.45) is -1.61. The molecule has 1 fully saturated rings. The molecule has 1 aliphatic heterocycles. The van der Waals surface area contributed by atoms with E-state index in [1.54, 1.807) is 0 Å². The number of hydrogen-bond acceptors (Lipinski definition) is 5. The van der Waals surface area contributed by atoms with Crippen molar-refractivity contribution in [1.82, 2.24) is 9.88 Å². The topological polar surface area (TPSA) is 51.4 Å². The number of aromatic nitrogens is 1. The lowest BCUT2D eigenvalue weighted by atomic mass is 10.0. The standard InChI is InChI=1S/C17H19F4N3OS/c18-10-5-11(19)7-13(6-10)25-12-1-3-24(4-2-12)14(8-22)16-15(17(20)21)23-9-26-16/h5-7,9,12,14,17H,1-4,8,22H2. The second-order valence-corrected chi connectivity index (χ2v) is 7.00. The molecule has 2 heterocycles. The van der Waals surface area contributed by atoms with Gasteiger partial charge in [-0.05, 0) is 12.8 Å². The third-order valence-electron chi connectivity index (χ3n) is 4.41. The third-order valence-corrected chi connectivity index (χ3v) is 5.36. The molecule has 2 aromatic rings.